The van der Waals surface area contributed by atoms with Gasteiger partial charge in [-0.3, -0.25) is 9.59 Å². The largest absolute Gasteiger partial charge is 0.356 e. The number of imide groups is 1. The number of halogens is 3. The average Bonchev–Trinajstić information content (AvgIpc) is 3.21. The highest BCUT2D eigenvalue weighted by Gasteiger charge is 2.40. The van der Waals surface area contributed by atoms with Crippen molar-refractivity contribution in [2.45, 2.75) is 18.9 Å². The van der Waals surface area contributed by atoms with E-state index in [4.69, 9.17) is 0 Å². The number of hydrogen-bond acceptors (Lipinski definition) is 3. The van der Waals surface area contributed by atoms with Crippen LogP contribution in [0.3, 0.4) is 0 Å². The molecule has 2 aromatic carbocycles. The summed E-state index contributed by atoms with van der Waals surface area (Å²) in [4.78, 5) is 37.4. The van der Waals surface area contributed by atoms with Crippen molar-refractivity contribution in [3.05, 3.63) is 65.6 Å². The number of rotatable bonds is 6. The molecule has 0 spiro atoms. The molecule has 1 aliphatic heterocycles. The second kappa shape index (κ2) is 8.37. The molecule has 0 aliphatic carbocycles. The molecule has 1 unspecified atom stereocenters. The first-order chi connectivity index (χ1) is 15.3. The molecule has 166 valence electrons. The molecule has 0 bridgehead atoms. The Balaban J connectivity index is 1.36. The van der Waals surface area contributed by atoms with Gasteiger partial charge in [-0.15, -0.1) is 0 Å². The van der Waals surface area contributed by atoms with Gasteiger partial charge in [0.15, 0.2) is 17.5 Å². The summed E-state index contributed by atoms with van der Waals surface area (Å²) in [7, 11) is 1.93. The van der Waals surface area contributed by atoms with Gasteiger partial charge in [-0.05, 0) is 18.1 Å². The molecule has 0 radical (unpaired) electrons. The van der Waals surface area contributed by atoms with Crippen molar-refractivity contribution in [3.63, 3.8) is 0 Å². The number of hydrogen-bond donors (Lipinski definition) is 2. The number of aryl methyl sites for hydroxylation is 1. The van der Waals surface area contributed by atoms with E-state index in [1.54, 1.807) is 0 Å². The molecule has 0 saturated carbocycles. The van der Waals surface area contributed by atoms with Gasteiger partial charge >= 0.3 is 6.03 Å². The molecule has 1 saturated heterocycles. The van der Waals surface area contributed by atoms with Gasteiger partial charge in [0.25, 0.3) is 5.91 Å². The lowest BCUT2D eigenvalue weighted by molar-refractivity contribution is -0.125. The Hall–Kier alpha value is -3.82. The van der Waals surface area contributed by atoms with Crippen LogP contribution in [0.1, 0.15) is 12.0 Å². The molecular weight excluding hydrogens is 425 g/mol. The molecule has 7 nitrogen and oxygen atoms in total. The zero-order chi connectivity index (χ0) is 23.0. The summed E-state index contributed by atoms with van der Waals surface area (Å²) in [5.74, 6) is -6.10. The van der Waals surface area contributed by atoms with Crippen LogP contribution in [0.2, 0.25) is 0 Å². The summed E-state index contributed by atoms with van der Waals surface area (Å²) >= 11 is 0. The third kappa shape index (κ3) is 3.91. The van der Waals surface area contributed by atoms with Crippen molar-refractivity contribution >= 4 is 34.4 Å². The van der Waals surface area contributed by atoms with Crippen LogP contribution in [0.25, 0.3) is 10.9 Å². The molecule has 4 amide bonds. The number of amides is 4. The minimum Gasteiger partial charge on any atom is -0.356 e. The molecule has 32 heavy (non-hydrogen) atoms. The number of nitrogens with zero attached hydrogens (tertiary/aromatic N) is 2. The number of anilines is 1. The summed E-state index contributed by atoms with van der Waals surface area (Å²) < 4.78 is 42.1. The Labute approximate surface area is 180 Å². The number of para-hydroxylation sites is 1. The summed E-state index contributed by atoms with van der Waals surface area (Å²) in [6.45, 7) is 0.319. The van der Waals surface area contributed by atoms with Crippen molar-refractivity contribution in [1.82, 2.24) is 15.2 Å². The van der Waals surface area contributed by atoms with Gasteiger partial charge < -0.3 is 15.2 Å². The Morgan fingerprint density at radius 2 is 1.81 bits per heavy atom. The maximum Gasteiger partial charge on any atom is 0.329 e. The van der Waals surface area contributed by atoms with Gasteiger partial charge in [-0.2, -0.15) is 0 Å². The highest BCUT2D eigenvalue weighted by Crippen LogP contribution is 2.25. The van der Waals surface area contributed by atoms with Gasteiger partial charge in [0.1, 0.15) is 6.04 Å². The number of benzene rings is 2. The van der Waals surface area contributed by atoms with E-state index in [-0.39, 0.29) is 6.42 Å². The number of carbonyl (C=O) groups is 3. The van der Waals surface area contributed by atoms with Crippen molar-refractivity contribution in [2.24, 2.45) is 7.05 Å². The Kier molecular flexibility index (Phi) is 5.60. The number of nitrogens with one attached hydrogen (secondary N) is 2. The normalized spacial score (nSPS) is 16.0. The zero-order valence-corrected chi connectivity index (χ0v) is 17.0. The van der Waals surface area contributed by atoms with Crippen LogP contribution in [-0.2, 0) is 23.1 Å². The predicted octanol–water partition coefficient (Wildman–Crippen LogP) is 2.77. The lowest BCUT2D eigenvalue weighted by Crippen LogP contribution is -2.37. The molecule has 2 heterocycles. The van der Waals surface area contributed by atoms with Gasteiger partial charge in [-0.25, -0.2) is 22.9 Å². The van der Waals surface area contributed by atoms with Crippen molar-refractivity contribution in [3.8, 4) is 0 Å². The first-order valence-corrected chi connectivity index (χ1v) is 9.85. The Bertz CT molecular complexity index is 1220. The van der Waals surface area contributed by atoms with Gasteiger partial charge in [0.05, 0.1) is 12.1 Å². The molecule has 3 aromatic rings. The van der Waals surface area contributed by atoms with E-state index >= 15 is 0 Å². The molecular formula is C22H19F3N4O3. The maximum atomic E-state index is 13.5. The van der Waals surface area contributed by atoms with Crippen LogP contribution in [0.5, 0.6) is 0 Å². The molecule has 2 N–H and O–H groups in total. The van der Waals surface area contributed by atoms with Crippen LogP contribution >= 0.6 is 0 Å². The van der Waals surface area contributed by atoms with E-state index in [0.29, 0.717) is 30.0 Å². The molecule has 1 aromatic heterocycles. The summed E-state index contributed by atoms with van der Waals surface area (Å²) in [6, 6.07) is 6.81. The summed E-state index contributed by atoms with van der Waals surface area (Å²) in [5, 5.41) is 6.10. The number of aromatic nitrogens is 1. The van der Waals surface area contributed by atoms with Crippen LogP contribution in [0.4, 0.5) is 23.7 Å². The first kappa shape index (κ1) is 21.4. The molecule has 4 rings (SSSR count). The fourth-order valence-corrected chi connectivity index (χ4v) is 3.80. The van der Waals surface area contributed by atoms with Gasteiger partial charge in [0, 0.05) is 42.8 Å². The number of urea groups is 1. The Morgan fingerprint density at radius 1 is 1.12 bits per heavy atom. The standard InChI is InChI=1S/C22H19F3N4O3/c1-28-11-12(14-4-2-3-5-18(14)28)6-7-26-19(30)10-17-21(31)29(22(32)27-17)13-8-15(23)20(25)16(24)9-13/h2-5,8-9,11,17H,6-7,10H2,1H3,(H,26,30)(H,27,32). The topological polar surface area (TPSA) is 83.4 Å². The number of carbonyl (C=O) groups excluding carboxylic acids is 3. The quantitative estimate of drug-likeness (QED) is 0.453. The fourth-order valence-electron chi connectivity index (χ4n) is 3.80. The minimum atomic E-state index is -1.71. The van der Waals surface area contributed by atoms with E-state index in [2.05, 4.69) is 10.6 Å². The van der Waals surface area contributed by atoms with Gasteiger partial charge in [0.2, 0.25) is 5.91 Å². The highest BCUT2D eigenvalue weighted by atomic mass is 19.2. The molecule has 1 atom stereocenters. The van der Waals surface area contributed by atoms with Gasteiger partial charge in [-0.1, -0.05) is 18.2 Å². The first-order valence-electron chi connectivity index (χ1n) is 9.85. The zero-order valence-electron chi connectivity index (χ0n) is 17.0. The van der Waals surface area contributed by atoms with E-state index < -0.39 is 47.0 Å². The SMILES string of the molecule is Cn1cc(CCNC(=O)CC2NC(=O)N(c3cc(F)c(F)c(F)c3)C2=O)c2ccccc21. The van der Waals surface area contributed by atoms with Crippen molar-refractivity contribution in [2.75, 3.05) is 11.4 Å². The molecule has 1 aliphatic rings. The van der Waals surface area contributed by atoms with Crippen LogP contribution in [0, 0.1) is 17.5 Å². The fraction of sp³-hybridized carbons (Fsp3) is 0.227. The molecule has 10 heteroatoms. The third-order valence-corrected chi connectivity index (χ3v) is 5.33. The predicted molar refractivity (Wildman–Crippen MR) is 110 cm³/mol. The minimum absolute atomic E-state index is 0.319. The summed E-state index contributed by atoms with van der Waals surface area (Å²) in [6.07, 6.45) is 2.21. The molecule has 1 fully saturated rings. The van der Waals surface area contributed by atoms with Crippen molar-refractivity contribution < 1.29 is 27.6 Å². The van der Waals surface area contributed by atoms with Crippen LogP contribution in [0.15, 0.2) is 42.6 Å². The lowest BCUT2D eigenvalue weighted by atomic mass is 10.1. The summed E-state index contributed by atoms with van der Waals surface area (Å²) in [5.41, 5.74) is 1.67. The third-order valence-electron chi connectivity index (χ3n) is 5.33. The monoisotopic (exact) mass is 444 g/mol. The van der Waals surface area contributed by atoms with E-state index in [1.165, 1.54) is 0 Å². The maximum absolute atomic E-state index is 13.5. The van der Waals surface area contributed by atoms with E-state index in [0.717, 1.165) is 16.5 Å². The second-order valence-electron chi connectivity index (χ2n) is 7.49. The smallest absolute Gasteiger partial charge is 0.329 e. The lowest BCUT2D eigenvalue weighted by Gasteiger charge is -2.13. The Morgan fingerprint density at radius 3 is 2.53 bits per heavy atom. The second-order valence-corrected chi connectivity index (χ2v) is 7.49. The van der Waals surface area contributed by atoms with E-state index in [9.17, 15) is 27.6 Å². The highest BCUT2D eigenvalue weighted by molar-refractivity contribution is 6.22. The van der Waals surface area contributed by atoms with Crippen LogP contribution < -0.4 is 15.5 Å². The van der Waals surface area contributed by atoms with Crippen LogP contribution in [-0.4, -0.2) is 35.0 Å². The van der Waals surface area contributed by atoms with Crippen molar-refractivity contribution in [1.29, 1.82) is 0 Å². The average molecular weight is 444 g/mol. The number of fused-ring (bicyclic) bond motifs is 1. The van der Waals surface area contributed by atoms with E-state index in [1.807, 2.05) is 42.1 Å².